The fourth-order valence-corrected chi connectivity index (χ4v) is 2.89. The van der Waals surface area contributed by atoms with Gasteiger partial charge >= 0.3 is 0 Å². The Labute approximate surface area is 137 Å². The molecule has 0 bridgehead atoms. The second-order valence-electron chi connectivity index (χ2n) is 6.08. The summed E-state index contributed by atoms with van der Waals surface area (Å²) in [6, 6.07) is 6.37. The number of carbonyl (C=O) groups excluding carboxylic acids is 2. The molecule has 1 fully saturated rings. The largest absolute Gasteiger partial charge is 0.356 e. The minimum absolute atomic E-state index is 0.0221. The molecule has 1 heterocycles. The van der Waals surface area contributed by atoms with E-state index in [2.05, 4.69) is 5.32 Å². The lowest BCUT2D eigenvalue weighted by Gasteiger charge is -2.31. The predicted molar refractivity (Wildman–Crippen MR) is 87.3 cm³/mol. The maximum atomic E-state index is 13.1. The highest BCUT2D eigenvalue weighted by atomic mass is 19.1. The van der Waals surface area contributed by atoms with Gasteiger partial charge < -0.3 is 10.2 Å². The fraction of sp³-hybridized carbons (Fsp3) is 0.556. The number of hydrogen-bond donors (Lipinski definition) is 1. The van der Waals surface area contributed by atoms with E-state index in [1.807, 2.05) is 17.9 Å². The normalized spacial score (nSPS) is 15.5. The Morgan fingerprint density at radius 3 is 2.70 bits per heavy atom. The Bertz CT molecular complexity index is 540. The van der Waals surface area contributed by atoms with Gasteiger partial charge in [-0.2, -0.15) is 0 Å². The zero-order valence-corrected chi connectivity index (χ0v) is 13.7. The monoisotopic (exact) mass is 320 g/mol. The molecule has 5 heteroatoms. The number of halogens is 1. The first-order chi connectivity index (χ1) is 11.1. The van der Waals surface area contributed by atoms with Gasteiger partial charge in [-0.3, -0.25) is 9.59 Å². The molecule has 0 aromatic heterocycles. The van der Waals surface area contributed by atoms with Crippen LogP contribution in [0.3, 0.4) is 0 Å². The zero-order valence-electron chi connectivity index (χ0n) is 13.7. The van der Waals surface area contributed by atoms with Crippen molar-refractivity contribution in [3.8, 4) is 0 Å². The standard InChI is InChI=1S/C18H25FN2O2/c1-2-10-20-18(23)15-8-11-21(12-9-15)17(22)7-6-14-4-3-5-16(19)13-14/h3-5,13,15H,2,6-12H2,1H3,(H,20,23). The molecular weight excluding hydrogens is 295 g/mol. The highest BCUT2D eigenvalue weighted by molar-refractivity contribution is 5.80. The number of nitrogens with zero attached hydrogens (tertiary/aromatic N) is 1. The third kappa shape index (κ3) is 5.34. The van der Waals surface area contributed by atoms with E-state index in [1.165, 1.54) is 12.1 Å². The molecule has 0 aliphatic carbocycles. The van der Waals surface area contributed by atoms with Gasteiger partial charge in [-0.25, -0.2) is 4.39 Å². The number of amides is 2. The SMILES string of the molecule is CCCNC(=O)C1CCN(C(=O)CCc2cccc(F)c2)CC1. The van der Waals surface area contributed by atoms with Gasteiger partial charge in [0.2, 0.25) is 11.8 Å². The third-order valence-electron chi connectivity index (χ3n) is 4.28. The van der Waals surface area contributed by atoms with E-state index in [1.54, 1.807) is 6.07 Å². The molecule has 2 amide bonds. The van der Waals surface area contributed by atoms with Crippen molar-refractivity contribution in [2.45, 2.75) is 39.0 Å². The first-order valence-electron chi connectivity index (χ1n) is 8.40. The van der Waals surface area contributed by atoms with Crippen LogP contribution in [-0.2, 0) is 16.0 Å². The summed E-state index contributed by atoms with van der Waals surface area (Å²) in [6.45, 7) is 4.00. The Balaban J connectivity index is 1.74. The number of likely N-dealkylation sites (tertiary alicyclic amines) is 1. The second-order valence-corrected chi connectivity index (χ2v) is 6.08. The van der Waals surface area contributed by atoms with Crippen molar-refractivity contribution in [3.05, 3.63) is 35.6 Å². The lowest BCUT2D eigenvalue weighted by Crippen LogP contribution is -2.43. The van der Waals surface area contributed by atoms with Gasteiger partial charge in [0.15, 0.2) is 0 Å². The predicted octanol–water partition coefficient (Wildman–Crippen LogP) is 2.52. The van der Waals surface area contributed by atoms with E-state index in [0.29, 0.717) is 32.5 Å². The van der Waals surface area contributed by atoms with E-state index in [-0.39, 0.29) is 23.5 Å². The van der Waals surface area contributed by atoms with Crippen molar-refractivity contribution in [2.24, 2.45) is 5.92 Å². The van der Waals surface area contributed by atoms with Gasteiger partial charge in [-0.05, 0) is 43.4 Å². The molecule has 0 saturated carbocycles. The van der Waals surface area contributed by atoms with Crippen LogP contribution in [0.1, 0.15) is 38.2 Å². The molecule has 23 heavy (non-hydrogen) atoms. The summed E-state index contributed by atoms with van der Waals surface area (Å²) in [7, 11) is 0. The van der Waals surface area contributed by atoms with E-state index in [0.717, 1.165) is 24.8 Å². The highest BCUT2D eigenvalue weighted by Gasteiger charge is 2.26. The number of benzene rings is 1. The van der Waals surface area contributed by atoms with E-state index < -0.39 is 0 Å². The average Bonchev–Trinajstić information content (AvgIpc) is 2.57. The van der Waals surface area contributed by atoms with E-state index >= 15 is 0 Å². The molecule has 1 aromatic rings. The molecule has 1 N–H and O–H groups in total. The maximum Gasteiger partial charge on any atom is 0.223 e. The smallest absolute Gasteiger partial charge is 0.223 e. The van der Waals surface area contributed by atoms with Crippen LogP contribution in [0.15, 0.2) is 24.3 Å². The number of aryl methyl sites for hydroxylation is 1. The van der Waals surface area contributed by atoms with Crippen molar-refractivity contribution in [2.75, 3.05) is 19.6 Å². The van der Waals surface area contributed by atoms with Gasteiger partial charge in [0.05, 0.1) is 0 Å². The van der Waals surface area contributed by atoms with Crippen molar-refractivity contribution in [3.63, 3.8) is 0 Å². The first-order valence-corrected chi connectivity index (χ1v) is 8.40. The van der Waals surface area contributed by atoms with Crippen LogP contribution in [-0.4, -0.2) is 36.3 Å². The molecule has 4 nitrogen and oxygen atoms in total. The second kappa shape index (κ2) is 8.65. The van der Waals surface area contributed by atoms with Gasteiger partial charge in [-0.1, -0.05) is 19.1 Å². The van der Waals surface area contributed by atoms with Crippen molar-refractivity contribution in [1.82, 2.24) is 10.2 Å². The van der Waals surface area contributed by atoms with Crippen LogP contribution in [0.25, 0.3) is 0 Å². The van der Waals surface area contributed by atoms with Crippen LogP contribution >= 0.6 is 0 Å². The Kier molecular flexibility index (Phi) is 6.56. The fourth-order valence-electron chi connectivity index (χ4n) is 2.89. The lowest BCUT2D eigenvalue weighted by atomic mass is 9.95. The Hall–Kier alpha value is -1.91. The molecule has 126 valence electrons. The topological polar surface area (TPSA) is 49.4 Å². The quantitative estimate of drug-likeness (QED) is 0.875. The molecule has 0 radical (unpaired) electrons. The van der Waals surface area contributed by atoms with E-state index in [9.17, 15) is 14.0 Å². The summed E-state index contributed by atoms with van der Waals surface area (Å²) in [6.07, 6.45) is 3.31. The zero-order chi connectivity index (χ0) is 16.7. The Morgan fingerprint density at radius 1 is 1.30 bits per heavy atom. The molecule has 0 unspecified atom stereocenters. The van der Waals surface area contributed by atoms with Gasteiger partial charge in [-0.15, -0.1) is 0 Å². The molecular formula is C18H25FN2O2. The molecule has 2 rings (SSSR count). The summed E-state index contributed by atoms with van der Waals surface area (Å²) < 4.78 is 13.1. The summed E-state index contributed by atoms with van der Waals surface area (Å²) in [5.74, 6) is -0.0527. The molecule has 0 spiro atoms. The summed E-state index contributed by atoms with van der Waals surface area (Å²) in [5.41, 5.74) is 0.840. The first kappa shape index (κ1) is 17.4. The Morgan fingerprint density at radius 2 is 2.04 bits per heavy atom. The number of carbonyl (C=O) groups is 2. The summed E-state index contributed by atoms with van der Waals surface area (Å²) >= 11 is 0. The van der Waals surface area contributed by atoms with Gasteiger partial charge in [0.25, 0.3) is 0 Å². The molecule has 1 aromatic carbocycles. The minimum Gasteiger partial charge on any atom is -0.356 e. The molecule has 1 aliphatic heterocycles. The van der Waals surface area contributed by atoms with Crippen molar-refractivity contribution >= 4 is 11.8 Å². The van der Waals surface area contributed by atoms with Gasteiger partial charge in [0, 0.05) is 32.0 Å². The number of rotatable bonds is 6. The van der Waals surface area contributed by atoms with Gasteiger partial charge in [0.1, 0.15) is 5.82 Å². The maximum absolute atomic E-state index is 13.1. The number of nitrogens with one attached hydrogen (secondary N) is 1. The number of piperidine rings is 1. The third-order valence-corrected chi connectivity index (χ3v) is 4.28. The molecule has 0 atom stereocenters. The molecule has 1 aliphatic rings. The molecule has 1 saturated heterocycles. The van der Waals surface area contributed by atoms with Crippen LogP contribution < -0.4 is 5.32 Å². The van der Waals surface area contributed by atoms with Crippen LogP contribution in [0.4, 0.5) is 4.39 Å². The van der Waals surface area contributed by atoms with Crippen molar-refractivity contribution in [1.29, 1.82) is 0 Å². The lowest BCUT2D eigenvalue weighted by molar-refractivity contribution is -0.135. The van der Waals surface area contributed by atoms with Crippen molar-refractivity contribution < 1.29 is 14.0 Å². The van der Waals surface area contributed by atoms with Crippen LogP contribution in [0, 0.1) is 11.7 Å². The average molecular weight is 320 g/mol. The van der Waals surface area contributed by atoms with Crippen LogP contribution in [0.5, 0.6) is 0 Å². The summed E-state index contributed by atoms with van der Waals surface area (Å²) in [4.78, 5) is 26.0. The minimum atomic E-state index is -0.270. The highest BCUT2D eigenvalue weighted by Crippen LogP contribution is 2.18. The summed E-state index contributed by atoms with van der Waals surface area (Å²) in [5, 5.41) is 2.92. The number of hydrogen-bond acceptors (Lipinski definition) is 2. The van der Waals surface area contributed by atoms with E-state index in [4.69, 9.17) is 0 Å². The van der Waals surface area contributed by atoms with Crippen LogP contribution in [0.2, 0.25) is 0 Å².